The van der Waals surface area contributed by atoms with Crippen molar-refractivity contribution in [3.63, 3.8) is 0 Å². The number of pyridine rings is 1. The van der Waals surface area contributed by atoms with Crippen molar-refractivity contribution >= 4 is 17.4 Å². The fourth-order valence-corrected chi connectivity index (χ4v) is 3.97. The predicted octanol–water partition coefficient (Wildman–Crippen LogP) is 3.30. The van der Waals surface area contributed by atoms with E-state index in [1.54, 1.807) is 24.4 Å². The summed E-state index contributed by atoms with van der Waals surface area (Å²) in [5.41, 5.74) is 3.23. The summed E-state index contributed by atoms with van der Waals surface area (Å²) in [6.45, 7) is 4.88. The van der Waals surface area contributed by atoms with Gasteiger partial charge in [-0.1, -0.05) is 18.2 Å². The Labute approximate surface area is 169 Å². The summed E-state index contributed by atoms with van der Waals surface area (Å²) in [6, 6.07) is 10.1. The number of rotatable bonds is 4. The molecule has 29 heavy (non-hydrogen) atoms. The molecule has 2 aliphatic heterocycles. The lowest BCUT2D eigenvalue weighted by atomic mass is 9.96. The fraction of sp³-hybridized carbons (Fsp3) is 0.348. The normalized spacial score (nSPS) is 23.7. The highest BCUT2D eigenvalue weighted by Crippen LogP contribution is 2.39. The molecule has 0 spiro atoms. The summed E-state index contributed by atoms with van der Waals surface area (Å²) in [4.78, 5) is 31.7. The van der Waals surface area contributed by atoms with Gasteiger partial charge in [-0.25, -0.2) is 0 Å². The SMILES string of the molecule is Cc1ccc(/C(O)=C2/C(=O)C(=O)N(CC3CCCO3)C2c2ccccn2)cc1C. The van der Waals surface area contributed by atoms with E-state index < -0.39 is 17.7 Å². The number of benzene rings is 1. The molecule has 2 atom stereocenters. The van der Waals surface area contributed by atoms with Gasteiger partial charge in [0.15, 0.2) is 0 Å². The molecule has 3 heterocycles. The Kier molecular flexibility index (Phi) is 5.20. The van der Waals surface area contributed by atoms with E-state index in [0.717, 1.165) is 24.0 Å². The lowest BCUT2D eigenvalue weighted by Crippen LogP contribution is -2.36. The Morgan fingerprint density at radius 3 is 2.69 bits per heavy atom. The van der Waals surface area contributed by atoms with E-state index in [-0.39, 0.29) is 17.4 Å². The summed E-state index contributed by atoms with van der Waals surface area (Å²) in [6.07, 6.45) is 3.29. The van der Waals surface area contributed by atoms with E-state index in [0.29, 0.717) is 24.4 Å². The van der Waals surface area contributed by atoms with Crippen molar-refractivity contribution in [2.24, 2.45) is 0 Å². The van der Waals surface area contributed by atoms with Crippen LogP contribution in [0.4, 0.5) is 0 Å². The second kappa shape index (κ2) is 7.79. The van der Waals surface area contributed by atoms with Gasteiger partial charge in [-0.15, -0.1) is 0 Å². The molecule has 150 valence electrons. The molecule has 2 unspecified atom stereocenters. The van der Waals surface area contributed by atoms with Crippen LogP contribution in [0.3, 0.4) is 0 Å². The number of aliphatic hydroxyl groups is 1. The molecule has 0 bridgehead atoms. The van der Waals surface area contributed by atoms with Crippen LogP contribution in [-0.4, -0.2) is 45.9 Å². The van der Waals surface area contributed by atoms with Gasteiger partial charge in [-0.3, -0.25) is 14.6 Å². The van der Waals surface area contributed by atoms with Gasteiger partial charge in [0.2, 0.25) is 0 Å². The van der Waals surface area contributed by atoms with Crippen molar-refractivity contribution < 1.29 is 19.4 Å². The van der Waals surface area contributed by atoms with Gasteiger partial charge in [-0.2, -0.15) is 0 Å². The molecule has 1 aromatic heterocycles. The van der Waals surface area contributed by atoms with Crippen molar-refractivity contribution in [3.05, 3.63) is 70.6 Å². The molecule has 0 radical (unpaired) electrons. The minimum Gasteiger partial charge on any atom is -0.507 e. The van der Waals surface area contributed by atoms with E-state index in [1.165, 1.54) is 4.90 Å². The Bertz CT molecular complexity index is 978. The molecule has 4 rings (SSSR count). The standard InChI is InChI=1S/C23H24N2O4/c1-14-8-9-16(12-15(14)2)21(26)19-20(18-7-3-4-10-24-18)25(23(28)22(19)27)13-17-6-5-11-29-17/h3-4,7-10,12,17,20,26H,5-6,11,13H2,1-2H3/b21-19-. The van der Waals surface area contributed by atoms with Crippen molar-refractivity contribution in [2.45, 2.75) is 38.8 Å². The highest BCUT2D eigenvalue weighted by molar-refractivity contribution is 6.46. The number of aryl methyl sites for hydroxylation is 2. The topological polar surface area (TPSA) is 79.7 Å². The van der Waals surface area contributed by atoms with Crippen LogP contribution in [0.25, 0.3) is 5.76 Å². The average Bonchev–Trinajstić information content (AvgIpc) is 3.32. The number of hydrogen-bond donors (Lipinski definition) is 1. The average molecular weight is 392 g/mol. The van der Waals surface area contributed by atoms with Crippen LogP contribution in [0.5, 0.6) is 0 Å². The summed E-state index contributed by atoms with van der Waals surface area (Å²) in [5.74, 6) is -1.48. The molecule has 0 saturated carbocycles. The molecule has 1 aromatic carbocycles. The molecular formula is C23H24N2O4. The summed E-state index contributed by atoms with van der Waals surface area (Å²) < 4.78 is 5.69. The van der Waals surface area contributed by atoms with E-state index >= 15 is 0 Å². The maximum absolute atomic E-state index is 13.0. The van der Waals surface area contributed by atoms with Crippen molar-refractivity contribution in [3.8, 4) is 0 Å². The number of nitrogens with zero attached hydrogens (tertiary/aromatic N) is 2. The van der Waals surface area contributed by atoms with Crippen molar-refractivity contribution in [2.75, 3.05) is 13.2 Å². The van der Waals surface area contributed by atoms with Crippen LogP contribution in [-0.2, 0) is 14.3 Å². The lowest BCUT2D eigenvalue weighted by Gasteiger charge is -2.26. The number of ketones is 1. The number of amides is 1. The van der Waals surface area contributed by atoms with Crippen molar-refractivity contribution in [1.82, 2.24) is 9.88 Å². The summed E-state index contributed by atoms with van der Waals surface area (Å²) in [7, 11) is 0. The third kappa shape index (κ3) is 3.56. The smallest absolute Gasteiger partial charge is 0.295 e. The van der Waals surface area contributed by atoms with Crippen molar-refractivity contribution in [1.29, 1.82) is 0 Å². The first-order valence-electron chi connectivity index (χ1n) is 9.86. The van der Waals surface area contributed by atoms with Gasteiger partial charge in [-0.05, 0) is 56.0 Å². The second-order valence-electron chi connectivity index (χ2n) is 7.64. The fourth-order valence-electron chi connectivity index (χ4n) is 3.97. The highest BCUT2D eigenvalue weighted by Gasteiger charge is 2.47. The Hall–Kier alpha value is -2.99. The van der Waals surface area contributed by atoms with E-state index in [1.807, 2.05) is 32.0 Å². The van der Waals surface area contributed by atoms with Crippen LogP contribution in [0.2, 0.25) is 0 Å². The Morgan fingerprint density at radius 1 is 1.21 bits per heavy atom. The van der Waals surface area contributed by atoms with E-state index in [2.05, 4.69) is 4.98 Å². The number of likely N-dealkylation sites (tertiary alicyclic amines) is 1. The maximum Gasteiger partial charge on any atom is 0.295 e. The molecular weight excluding hydrogens is 368 g/mol. The quantitative estimate of drug-likeness (QED) is 0.491. The largest absolute Gasteiger partial charge is 0.507 e. The molecule has 2 fully saturated rings. The number of ether oxygens (including phenoxy) is 1. The van der Waals surface area contributed by atoms with Gasteiger partial charge in [0.25, 0.3) is 11.7 Å². The van der Waals surface area contributed by atoms with Gasteiger partial charge >= 0.3 is 0 Å². The van der Waals surface area contributed by atoms with Gasteiger partial charge in [0, 0.05) is 24.9 Å². The zero-order valence-electron chi connectivity index (χ0n) is 16.6. The highest BCUT2D eigenvalue weighted by atomic mass is 16.5. The number of aliphatic hydroxyl groups excluding tert-OH is 1. The van der Waals surface area contributed by atoms with Crippen LogP contribution < -0.4 is 0 Å². The lowest BCUT2D eigenvalue weighted by molar-refractivity contribution is -0.140. The Morgan fingerprint density at radius 2 is 2.03 bits per heavy atom. The van der Waals surface area contributed by atoms with Crippen LogP contribution in [0.1, 0.15) is 41.3 Å². The molecule has 2 aromatic rings. The van der Waals surface area contributed by atoms with Crippen LogP contribution >= 0.6 is 0 Å². The number of hydrogen-bond acceptors (Lipinski definition) is 5. The predicted molar refractivity (Wildman–Crippen MR) is 108 cm³/mol. The number of carbonyl (C=O) groups is 2. The molecule has 1 amide bonds. The number of aromatic nitrogens is 1. The second-order valence-corrected chi connectivity index (χ2v) is 7.64. The van der Waals surface area contributed by atoms with Gasteiger partial charge in [0.1, 0.15) is 11.8 Å². The molecule has 1 N–H and O–H groups in total. The zero-order chi connectivity index (χ0) is 20.5. The molecule has 0 aliphatic carbocycles. The minimum atomic E-state index is -0.734. The first-order chi connectivity index (χ1) is 14.0. The summed E-state index contributed by atoms with van der Waals surface area (Å²) >= 11 is 0. The number of Topliss-reactive ketones (excluding diaryl/α,β-unsaturated/α-hetero) is 1. The first-order valence-corrected chi connectivity index (χ1v) is 9.86. The van der Waals surface area contributed by atoms with E-state index in [9.17, 15) is 14.7 Å². The summed E-state index contributed by atoms with van der Waals surface area (Å²) in [5, 5.41) is 11.1. The first kappa shape index (κ1) is 19.3. The van der Waals surface area contributed by atoms with Gasteiger partial charge < -0.3 is 14.7 Å². The third-order valence-electron chi connectivity index (χ3n) is 5.71. The zero-order valence-corrected chi connectivity index (χ0v) is 16.6. The van der Waals surface area contributed by atoms with Gasteiger partial charge in [0.05, 0.1) is 17.4 Å². The molecule has 6 nitrogen and oxygen atoms in total. The molecule has 2 saturated heterocycles. The Balaban J connectivity index is 1.82. The third-order valence-corrected chi connectivity index (χ3v) is 5.71. The minimum absolute atomic E-state index is 0.0787. The molecule has 6 heteroatoms. The monoisotopic (exact) mass is 392 g/mol. The van der Waals surface area contributed by atoms with Crippen LogP contribution in [0.15, 0.2) is 48.2 Å². The number of carbonyl (C=O) groups excluding carboxylic acids is 2. The maximum atomic E-state index is 13.0. The van der Waals surface area contributed by atoms with E-state index in [4.69, 9.17) is 4.74 Å². The van der Waals surface area contributed by atoms with Crippen LogP contribution in [0, 0.1) is 13.8 Å². The molecule has 2 aliphatic rings.